The number of ether oxygens (including phenoxy) is 2. The number of piperidine rings is 1. The summed E-state index contributed by atoms with van der Waals surface area (Å²) in [6.07, 6.45) is 3.97. The van der Waals surface area contributed by atoms with Gasteiger partial charge in [-0.2, -0.15) is 8.78 Å². The Morgan fingerprint density at radius 2 is 2.03 bits per heavy atom. The van der Waals surface area contributed by atoms with Crippen molar-refractivity contribution >= 4 is 11.3 Å². The zero-order chi connectivity index (χ0) is 22.6. The molecule has 0 amide bonds. The Morgan fingerprint density at radius 1 is 1.26 bits per heavy atom. The van der Waals surface area contributed by atoms with Crippen LogP contribution in [0.5, 0.6) is 5.75 Å². The van der Waals surface area contributed by atoms with Crippen LogP contribution in [0.25, 0.3) is 10.6 Å². The Bertz CT molecular complexity index is 854. The fourth-order valence-electron chi connectivity index (χ4n) is 3.90. The van der Waals surface area contributed by atoms with E-state index in [2.05, 4.69) is 42.3 Å². The first-order valence-corrected chi connectivity index (χ1v) is 11.5. The molecule has 8 heteroatoms. The fourth-order valence-corrected chi connectivity index (χ4v) is 4.87. The van der Waals surface area contributed by atoms with Gasteiger partial charge in [0, 0.05) is 37.3 Å². The monoisotopic (exact) mass is 456 g/mol. The molecular formula is C23H31F3N2O2S. The lowest BCUT2D eigenvalue weighted by molar-refractivity contribution is -0.0495. The van der Waals surface area contributed by atoms with Gasteiger partial charge in [-0.3, -0.25) is 4.90 Å². The number of benzene rings is 1. The van der Waals surface area contributed by atoms with Gasteiger partial charge >= 0.3 is 6.61 Å². The maximum absolute atomic E-state index is 13.8. The standard InChI is InChI=1S/C23H31F3N2O2S/c1-5-8-29-17-9-15(23(2,3)4)12-28(13-17)14-18-11-27-21(31-18)19-10-16(24)6-7-20(19)30-22(25)26/h6-7,10-11,15,17,22H,5,8-9,12-14H2,1-4H3. The van der Waals surface area contributed by atoms with Crippen LogP contribution in [-0.4, -0.2) is 42.3 Å². The van der Waals surface area contributed by atoms with Crippen LogP contribution in [0.2, 0.25) is 0 Å². The molecule has 0 aliphatic carbocycles. The molecule has 2 unspecified atom stereocenters. The first kappa shape index (κ1) is 24.0. The van der Waals surface area contributed by atoms with Gasteiger partial charge in [-0.25, -0.2) is 9.37 Å². The van der Waals surface area contributed by atoms with Gasteiger partial charge in [-0.1, -0.05) is 27.7 Å². The Labute approximate surface area is 186 Å². The Kier molecular flexibility index (Phi) is 7.99. The summed E-state index contributed by atoms with van der Waals surface area (Å²) < 4.78 is 49.9. The summed E-state index contributed by atoms with van der Waals surface area (Å²) in [4.78, 5) is 7.73. The molecule has 1 aromatic heterocycles. The van der Waals surface area contributed by atoms with Crippen LogP contribution in [0.3, 0.4) is 0 Å². The van der Waals surface area contributed by atoms with Crippen LogP contribution in [0.4, 0.5) is 13.2 Å². The molecule has 0 N–H and O–H groups in total. The quantitative estimate of drug-likeness (QED) is 0.473. The molecule has 1 aliphatic rings. The predicted octanol–water partition coefficient (Wildman–Crippen LogP) is 6.21. The minimum Gasteiger partial charge on any atom is -0.434 e. The van der Waals surface area contributed by atoms with E-state index in [4.69, 9.17) is 4.74 Å². The maximum Gasteiger partial charge on any atom is 0.387 e. The smallest absolute Gasteiger partial charge is 0.387 e. The molecule has 172 valence electrons. The largest absolute Gasteiger partial charge is 0.434 e. The van der Waals surface area contributed by atoms with E-state index in [0.29, 0.717) is 17.5 Å². The second-order valence-corrected chi connectivity index (χ2v) is 10.3. The summed E-state index contributed by atoms with van der Waals surface area (Å²) in [6.45, 7) is 9.17. The summed E-state index contributed by atoms with van der Waals surface area (Å²) in [5, 5.41) is 0.466. The molecule has 1 aromatic carbocycles. The molecule has 4 nitrogen and oxygen atoms in total. The number of nitrogens with zero attached hydrogens (tertiary/aromatic N) is 2. The summed E-state index contributed by atoms with van der Waals surface area (Å²) in [6, 6.07) is 3.50. The number of alkyl halides is 2. The second kappa shape index (κ2) is 10.3. The summed E-state index contributed by atoms with van der Waals surface area (Å²) in [7, 11) is 0. The van der Waals surface area contributed by atoms with Crippen molar-refractivity contribution in [2.24, 2.45) is 11.3 Å². The van der Waals surface area contributed by atoms with Crippen LogP contribution in [0, 0.1) is 17.2 Å². The molecule has 2 atom stereocenters. The average molecular weight is 457 g/mol. The maximum atomic E-state index is 13.8. The number of rotatable bonds is 8. The molecule has 1 fully saturated rings. The zero-order valence-electron chi connectivity index (χ0n) is 18.5. The average Bonchev–Trinajstić information content (AvgIpc) is 3.15. The SMILES string of the molecule is CCCOC1CC(C(C)(C)C)CN(Cc2cnc(-c3cc(F)ccc3OC(F)F)s2)C1. The second-order valence-electron chi connectivity index (χ2n) is 9.14. The first-order chi connectivity index (χ1) is 14.7. The van der Waals surface area contributed by atoms with Crippen molar-refractivity contribution in [3.63, 3.8) is 0 Å². The highest BCUT2D eigenvalue weighted by Gasteiger charge is 2.34. The number of halogens is 3. The minimum atomic E-state index is -2.98. The molecule has 0 saturated carbocycles. The Balaban J connectivity index is 1.76. The zero-order valence-corrected chi connectivity index (χ0v) is 19.4. The van der Waals surface area contributed by atoms with Gasteiger partial charge in [0.15, 0.2) is 0 Å². The summed E-state index contributed by atoms with van der Waals surface area (Å²) in [5.74, 6) is -0.0887. The number of hydrogen-bond acceptors (Lipinski definition) is 5. The third kappa shape index (κ3) is 6.67. The van der Waals surface area contributed by atoms with E-state index in [0.717, 1.165) is 43.5 Å². The molecular weight excluding hydrogens is 425 g/mol. The lowest BCUT2D eigenvalue weighted by atomic mass is 9.75. The minimum absolute atomic E-state index is 0.0731. The highest BCUT2D eigenvalue weighted by atomic mass is 32.1. The molecule has 31 heavy (non-hydrogen) atoms. The normalized spacial score (nSPS) is 20.4. The van der Waals surface area contributed by atoms with Gasteiger partial charge < -0.3 is 9.47 Å². The lowest BCUT2D eigenvalue weighted by Gasteiger charge is -2.43. The lowest BCUT2D eigenvalue weighted by Crippen LogP contribution is -2.47. The van der Waals surface area contributed by atoms with E-state index in [-0.39, 0.29) is 22.8 Å². The van der Waals surface area contributed by atoms with E-state index in [1.807, 2.05) is 0 Å². The fraction of sp³-hybridized carbons (Fsp3) is 0.609. The van der Waals surface area contributed by atoms with Gasteiger partial charge in [0.05, 0.1) is 11.7 Å². The van der Waals surface area contributed by atoms with E-state index in [1.54, 1.807) is 6.20 Å². The van der Waals surface area contributed by atoms with Gasteiger partial charge in [-0.05, 0) is 42.4 Å². The first-order valence-electron chi connectivity index (χ1n) is 10.7. The van der Waals surface area contributed by atoms with Gasteiger partial charge in [0.25, 0.3) is 0 Å². The molecule has 0 bridgehead atoms. The van der Waals surface area contributed by atoms with Crippen molar-refractivity contribution in [2.75, 3.05) is 19.7 Å². The van der Waals surface area contributed by atoms with Crippen LogP contribution in [-0.2, 0) is 11.3 Å². The molecule has 1 aliphatic heterocycles. The third-order valence-corrected chi connectivity index (χ3v) is 6.61. The van der Waals surface area contributed by atoms with E-state index < -0.39 is 12.4 Å². The highest BCUT2D eigenvalue weighted by Crippen LogP contribution is 2.37. The number of thiazole rings is 1. The molecule has 0 spiro atoms. The van der Waals surface area contributed by atoms with Crippen molar-refractivity contribution in [3.05, 3.63) is 35.1 Å². The third-order valence-electron chi connectivity index (χ3n) is 5.59. The Hall–Kier alpha value is -1.64. The van der Waals surface area contributed by atoms with Crippen molar-refractivity contribution in [1.82, 2.24) is 9.88 Å². The van der Waals surface area contributed by atoms with Gasteiger partial charge in [0.1, 0.15) is 16.6 Å². The van der Waals surface area contributed by atoms with Crippen LogP contribution >= 0.6 is 11.3 Å². The van der Waals surface area contributed by atoms with Crippen LogP contribution in [0.15, 0.2) is 24.4 Å². The highest BCUT2D eigenvalue weighted by molar-refractivity contribution is 7.15. The van der Waals surface area contributed by atoms with Crippen molar-refractivity contribution in [2.45, 2.75) is 59.8 Å². The molecule has 2 heterocycles. The molecule has 0 radical (unpaired) electrons. The molecule has 3 rings (SSSR count). The summed E-state index contributed by atoms with van der Waals surface area (Å²) in [5.41, 5.74) is 0.418. The van der Waals surface area contributed by atoms with Crippen molar-refractivity contribution < 1.29 is 22.6 Å². The van der Waals surface area contributed by atoms with Crippen LogP contribution < -0.4 is 4.74 Å². The topological polar surface area (TPSA) is 34.6 Å². The predicted molar refractivity (Wildman–Crippen MR) is 117 cm³/mol. The molecule has 1 saturated heterocycles. The van der Waals surface area contributed by atoms with E-state index >= 15 is 0 Å². The number of aromatic nitrogens is 1. The van der Waals surface area contributed by atoms with Crippen LogP contribution in [0.1, 0.15) is 45.4 Å². The van der Waals surface area contributed by atoms with E-state index in [1.165, 1.54) is 23.5 Å². The van der Waals surface area contributed by atoms with Crippen molar-refractivity contribution in [3.8, 4) is 16.3 Å². The van der Waals surface area contributed by atoms with Gasteiger partial charge in [-0.15, -0.1) is 11.3 Å². The number of likely N-dealkylation sites (tertiary alicyclic amines) is 1. The number of hydrogen-bond donors (Lipinski definition) is 0. The Morgan fingerprint density at radius 3 is 2.71 bits per heavy atom. The van der Waals surface area contributed by atoms with Crippen molar-refractivity contribution in [1.29, 1.82) is 0 Å². The van der Waals surface area contributed by atoms with Gasteiger partial charge in [0.2, 0.25) is 0 Å². The summed E-state index contributed by atoms with van der Waals surface area (Å²) >= 11 is 1.37. The molecule has 2 aromatic rings. The van der Waals surface area contributed by atoms with E-state index in [9.17, 15) is 13.2 Å².